The van der Waals surface area contributed by atoms with Crippen molar-refractivity contribution in [2.75, 3.05) is 21.3 Å². The number of benzene rings is 4. The number of para-hydroxylation sites is 2. The van der Waals surface area contributed by atoms with E-state index in [-0.39, 0.29) is 46.3 Å². The van der Waals surface area contributed by atoms with E-state index < -0.39 is 30.0 Å². The van der Waals surface area contributed by atoms with Gasteiger partial charge in [-0.2, -0.15) is 26.8 Å². The van der Waals surface area contributed by atoms with Crippen molar-refractivity contribution < 1.29 is 25.9 Å². The molecule has 0 aliphatic rings. The first-order chi connectivity index (χ1) is 24.0. The summed E-state index contributed by atoms with van der Waals surface area (Å²) in [5, 5.41) is 11.8. The van der Waals surface area contributed by atoms with Gasteiger partial charge in [-0.1, -0.05) is 60.7 Å². The Morgan fingerprint density at radius 2 is 0.800 bits per heavy atom. The van der Waals surface area contributed by atoms with E-state index in [1.165, 1.54) is 49.1 Å². The Morgan fingerprint density at radius 3 is 1.14 bits per heavy atom. The molecule has 6 N–H and O–H groups in total. The molecule has 0 spiro atoms. The molecule has 0 fully saturated rings. The van der Waals surface area contributed by atoms with E-state index in [0.717, 1.165) is 23.5 Å². The molecule has 0 atom stereocenters. The van der Waals surface area contributed by atoms with E-state index in [2.05, 4.69) is 51.2 Å². The van der Waals surface area contributed by atoms with Gasteiger partial charge in [-0.3, -0.25) is 9.11 Å². The lowest BCUT2D eigenvalue weighted by atomic mass is 10.1. The molecule has 18 heteroatoms. The third-order valence-electron chi connectivity index (χ3n) is 6.74. The molecule has 6 aromatic rings. The Hall–Kier alpha value is -6.34. The zero-order valence-electron chi connectivity index (χ0n) is 25.6. The first-order valence-electron chi connectivity index (χ1n) is 14.5. The number of hydrogen-bond donors (Lipinski definition) is 6. The fourth-order valence-electron chi connectivity index (χ4n) is 4.52. The molecule has 0 saturated carbocycles. The normalized spacial score (nSPS) is 11.6. The van der Waals surface area contributed by atoms with Gasteiger partial charge in [0.05, 0.1) is 0 Å². The van der Waals surface area contributed by atoms with E-state index in [1.54, 1.807) is 0 Å². The minimum atomic E-state index is -4.76. The minimum absolute atomic E-state index is 0.0206. The van der Waals surface area contributed by atoms with Crippen LogP contribution in [-0.4, -0.2) is 55.8 Å². The SMILES string of the molecule is O=S(=O)(O)c1cc(Nc2ncnc(Nc3ccccc3)n2)ccc1C=Cc1ccc(Nc2ncnc(Nc3ccccc3)n2)cc1S(=O)(=O)O. The van der Waals surface area contributed by atoms with Crippen LogP contribution < -0.4 is 21.3 Å². The van der Waals surface area contributed by atoms with Crippen LogP contribution in [0.1, 0.15) is 11.1 Å². The van der Waals surface area contributed by atoms with Gasteiger partial charge in [0.1, 0.15) is 22.4 Å². The van der Waals surface area contributed by atoms with Gasteiger partial charge in [-0.05, 0) is 59.7 Å². The van der Waals surface area contributed by atoms with Crippen LogP contribution in [0.4, 0.5) is 46.5 Å². The van der Waals surface area contributed by atoms with Gasteiger partial charge < -0.3 is 21.3 Å². The van der Waals surface area contributed by atoms with E-state index in [9.17, 15) is 25.9 Å². The predicted octanol–water partition coefficient (Wildman–Crippen LogP) is 5.69. The summed E-state index contributed by atoms with van der Waals surface area (Å²) in [5.41, 5.74) is 1.97. The summed E-state index contributed by atoms with van der Waals surface area (Å²) in [5.74, 6) is 0.653. The summed E-state index contributed by atoms with van der Waals surface area (Å²) in [6.07, 6.45) is 5.09. The second kappa shape index (κ2) is 14.4. The molecule has 0 unspecified atom stereocenters. The van der Waals surface area contributed by atoms with Crippen LogP contribution in [0.2, 0.25) is 0 Å². The summed E-state index contributed by atoms with van der Waals surface area (Å²) in [6.45, 7) is 0. The van der Waals surface area contributed by atoms with E-state index in [1.807, 2.05) is 60.7 Å². The highest BCUT2D eigenvalue weighted by atomic mass is 32.2. The topological polar surface area (TPSA) is 234 Å². The Morgan fingerprint density at radius 1 is 0.460 bits per heavy atom. The van der Waals surface area contributed by atoms with Gasteiger partial charge in [-0.25, -0.2) is 19.9 Å². The van der Waals surface area contributed by atoms with E-state index >= 15 is 0 Å². The maximum absolute atomic E-state index is 12.4. The number of nitrogens with one attached hydrogen (secondary N) is 4. The molecule has 16 nitrogen and oxygen atoms in total. The fraction of sp³-hybridized carbons (Fsp3) is 0. The van der Waals surface area contributed by atoms with Crippen molar-refractivity contribution in [3.05, 3.63) is 121 Å². The van der Waals surface area contributed by atoms with Gasteiger partial charge in [0, 0.05) is 22.7 Å². The number of nitrogens with zero attached hydrogens (tertiary/aromatic N) is 6. The van der Waals surface area contributed by atoms with Crippen molar-refractivity contribution in [1.29, 1.82) is 0 Å². The maximum atomic E-state index is 12.4. The molecule has 0 radical (unpaired) electrons. The summed E-state index contributed by atoms with van der Waals surface area (Å²) in [6, 6.07) is 26.5. The lowest BCUT2D eigenvalue weighted by Crippen LogP contribution is -2.05. The molecule has 0 amide bonds. The van der Waals surface area contributed by atoms with Crippen molar-refractivity contribution >= 4 is 78.9 Å². The first-order valence-corrected chi connectivity index (χ1v) is 17.3. The van der Waals surface area contributed by atoms with Crippen LogP contribution in [0.3, 0.4) is 0 Å². The third-order valence-corrected chi connectivity index (χ3v) is 8.56. The molecule has 0 bridgehead atoms. The molecule has 0 aliphatic heterocycles. The van der Waals surface area contributed by atoms with Crippen molar-refractivity contribution in [1.82, 2.24) is 29.9 Å². The quantitative estimate of drug-likeness (QED) is 0.0660. The molecule has 6 rings (SSSR count). The molecule has 0 aliphatic carbocycles. The molecule has 0 saturated heterocycles. The largest absolute Gasteiger partial charge is 0.324 e. The fourth-order valence-corrected chi connectivity index (χ4v) is 5.94. The summed E-state index contributed by atoms with van der Waals surface area (Å²) in [4.78, 5) is 23.8. The lowest BCUT2D eigenvalue weighted by molar-refractivity contribution is 0.480. The van der Waals surface area contributed by atoms with Crippen molar-refractivity contribution in [2.45, 2.75) is 9.79 Å². The third kappa shape index (κ3) is 8.76. The van der Waals surface area contributed by atoms with Crippen molar-refractivity contribution in [2.24, 2.45) is 0 Å². The van der Waals surface area contributed by atoms with E-state index in [4.69, 9.17) is 0 Å². The van der Waals surface area contributed by atoms with Crippen molar-refractivity contribution in [3.63, 3.8) is 0 Å². The van der Waals surface area contributed by atoms with Crippen LogP contribution >= 0.6 is 0 Å². The average molecular weight is 711 g/mol. The molecule has 50 heavy (non-hydrogen) atoms. The highest BCUT2D eigenvalue weighted by molar-refractivity contribution is 7.86. The zero-order valence-corrected chi connectivity index (χ0v) is 27.2. The summed E-state index contributed by atoms with van der Waals surface area (Å²) in [7, 11) is -9.53. The Kier molecular flexibility index (Phi) is 9.68. The van der Waals surface area contributed by atoms with Gasteiger partial charge in [0.15, 0.2) is 0 Å². The zero-order chi connectivity index (χ0) is 35.1. The molecule has 4 aromatic carbocycles. The summed E-state index contributed by atoms with van der Waals surface area (Å²) < 4.78 is 69.5. The Balaban J connectivity index is 1.23. The Bertz CT molecular complexity index is 2230. The maximum Gasteiger partial charge on any atom is 0.295 e. The monoisotopic (exact) mass is 710 g/mol. The molecule has 252 valence electrons. The minimum Gasteiger partial charge on any atom is -0.324 e. The van der Waals surface area contributed by atoms with Crippen LogP contribution in [0.15, 0.2) is 120 Å². The lowest BCUT2D eigenvalue weighted by Gasteiger charge is -2.11. The predicted molar refractivity (Wildman–Crippen MR) is 187 cm³/mol. The van der Waals surface area contributed by atoms with Gasteiger partial charge in [0.2, 0.25) is 23.8 Å². The molecular formula is C32H26N10O6S2. The second-order valence-corrected chi connectivity index (χ2v) is 13.1. The van der Waals surface area contributed by atoms with Crippen molar-refractivity contribution in [3.8, 4) is 0 Å². The standard InChI is InChI=1S/C32H26N10O6S2/c43-49(44,45)27-17-25(39-31-35-19-33-29(41-31)37-23-7-3-1-4-8-23)15-13-21(27)11-12-22-14-16-26(18-28(22)50(46,47)48)40-32-36-20-34-30(42-32)38-24-9-5-2-6-10-24/h1-20H,(H,43,44,45)(H,46,47,48)(H2,33,35,37,39,41)(H2,34,36,38,40,42). The van der Waals surface area contributed by atoms with Crippen LogP contribution in [0.5, 0.6) is 0 Å². The highest BCUT2D eigenvalue weighted by Gasteiger charge is 2.18. The molecule has 2 heterocycles. The molecule has 2 aromatic heterocycles. The number of hydrogen-bond acceptors (Lipinski definition) is 14. The van der Waals surface area contributed by atoms with E-state index in [0.29, 0.717) is 0 Å². The number of aromatic nitrogens is 6. The van der Waals surface area contributed by atoms with Crippen LogP contribution in [0.25, 0.3) is 12.2 Å². The van der Waals surface area contributed by atoms with Gasteiger partial charge in [-0.15, -0.1) is 0 Å². The molecular weight excluding hydrogens is 685 g/mol. The van der Waals surface area contributed by atoms with Crippen LogP contribution in [0, 0.1) is 0 Å². The van der Waals surface area contributed by atoms with Gasteiger partial charge in [0.25, 0.3) is 20.2 Å². The smallest absolute Gasteiger partial charge is 0.295 e. The second-order valence-electron chi connectivity index (χ2n) is 10.3. The first kappa shape index (κ1) is 33.6. The number of rotatable bonds is 12. The number of anilines is 8. The highest BCUT2D eigenvalue weighted by Crippen LogP contribution is 2.28. The van der Waals surface area contributed by atoms with Gasteiger partial charge >= 0.3 is 0 Å². The Labute approximate surface area is 286 Å². The average Bonchev–Trinajstić information content (AvgIpc) is 3.08. The summed E-state index contributed by atoms with van der Waals surface area (Å²) >= 11 is 0. The van der Waals surface area contributed by atoms with Crippen LogP contribution in [-0.2, 0) is 20.2 Å².